The molecule has 0 heterocycles. The SMILES string of the molecule is COC(C)COC(=O)C=CC(=O)OCCCCO. The normalized spacial score (nSPS) is 12.4. The Labute approximate surface area is 107 Å². The number of hydrogen-bond donors (Lipinski definition) is 1. The van der Waals surface area contributed by atoms with Gasteiger partial charge in [0.15, 0.2) is 0 Å². The summed E-state index contributed by atoms with van der Waals surface area (Å²) in [6.07, 6.45) is 3.00. The number of methoxy groups -OCH3 is 1. The minimum Gasteiger partial charge on any atom is -0.463 e. The second kappa shape index (κ2) is 10.7. The molecule has 0 saturated carbocycles. The molecule has 1 atom stereocenters. The lowest BCUT2D eigenvalue weighted by Crippen LogP contribution is -2.16. The van der Waals surface area contributed by atoms with Crippen LogP contribution < -0.4 is 0 Å². The van der Waals surface area contributed by atoms with Crippen molar-refractivity contribution in [2.75, 3.05) is 26.9 Å². The molecule has 0 amide bonds. The third kappa shape index (κ3) is 9.80. The van der Waals surface area contributed by atoms with E-state index in [-0.39, 0.29) is 25.9 Å². The van der Waals surface area contributed by atoms with Crippen molar-refractivity contribution in [3.63, 3.8) is 0 Å². The molecule has 0 aromatic carbocycles. The first-order chi connectivity index (χ1) is 8.60. The summed E-state index contributed by atoms with van der Waals surface area (Å²) >= 11 is 0. The van der Waals surface area contributed by atoms with Crippen molar-refractivity contribution >= 4 is 11.9 Å². The van der Waals surface area contributed by atoms with Crippen molar-refractivity contribution in [1.82, 2.24) is 0 Å². The van der Waals surface area contributed by atoms with Crippen LogP contribution in [0.4, 0.5) is 0 Å². The van der Waals surface area contributed by atoms with E-state index in [9.17, 15) is 9.59 Å². The lowest BCUT2D eigenvalue weighted by Gasteiger charge is -2.08. The Morgan fingerprint density at radius 1 is 1.17 bits per heavy atom. The van der Waals surface area contributed by atoms with E-state index in [1.54, 1.807) is 6.92 Å². The fourth-order valence-electron chi connectivity index (χ4n) is 0.886. The monoisotopic (exact) mass is 260 g/mol. The van der Waals surface area contributed by atoms with E-state index in [2.05, 4.69) is 0 Å². The molecule has 0 spiro atoms. The highest BCUT2D eigenvalue weighted by atomic mass is 16.6. The molecule has 0 bridgehead atoms. The molecule has 0 aliphatic carbocycles. The Kier molecular flexibility index (Phi) is 9.90. The van der Waals surface area contributed by atoms with Crippen LogP contribution in [-0.4, -0.2) is 50.1 Å². The highest BCUT2D eigenvalue weighted by Gasteiger charge is 2.04. The van der Waals surface area contributed by atoms with Crippen molar-refractivity contribution in [3.8, 4) is 0 Å². The van der Waals surface area contributed by atoms with Crippen LogP contribution >= 0.6 is 0 Å². The minimum atomic E-state index is -0.619. The number of esters is 2. The van der Waals surface area contributed by atoms with Crippen LogP contribution in [0, 0.1) is 0 Å². The summed E-state index contributed by atoms with van der Waals surface area (Å²) in [6.45, 7) is 2.18. The lowest BCUT2D eigenvalue weighted by molar-refractivity contribution is -0.142. The maximum absolute atomic E-state index is 11.1. The fourth-order valence-corrected chi connectivity index (χ4v) is 0.886. The largest absolute Gasteiger partial charge is 0.463 e. The molecule has 18 heavy (non-hydrogen) atoms. The van der Waals surface area contributed by atoms with Crippen molar-refractivity contribution in [3.05, 3.63) is 12.2 Å². The first-order valence-corrected chi connectivity index (χ1v) is 5.75. The van der Waals surface area contributed by atoms with Gasteiger partial charge in [-0.2, -0.15) is 0 Å². The third-order valence-electron chi connectivity index (χ3n) is 2.01. The van der Waals surface area contributed by atoms with Gasteiger partial charge in [0.25, 0.3) is 0 Å². The number of carbonyl (C=O) groups is 2. The van der Waals surface area contributed by atoms with E-state index in [1.807, 2.05) is 0 Å². The van der Waals surface area contributed by atoms with Gasteiger partial charge in [-0.25, -0.2) is 9.59 Å². The first kappa shape index (κ1) is 16.6. The highest BCUT2D eigenvalue weighted by Crippen LogP contribution is 1.93. The molecule has 0 aromatic rings. The Hall–Kier alpha value is -1.40. The molecule has 0 aromatic heterocycles. The van der Waals surface area contributed by atoms with E-state index in [4.69, 9.17) is 19.3 Å². The van der Waals surface area contributed by atoms with Gasteiger partial charge in [-0.05, 0) is 19.8 Å². The minimum absolute atomic E-state index is 0.0669. The number of hydrogen-bond acceptors (Lipinski definition) is 6. The first-order valence-electron chi connectivity index (χ1n) is 5.75. The van der Waals surface area contributed by atoms with E-state index in [0.29, 0.717) is 12.8 Å². The second-order valence-electron chi connectivity index (χ2n) is 3.61. The Morgan fingerprint density at radius 3 is 2.33 bits per heavy atom. The summed E-state index contributed by atoms with van der Waals surface area (Å²) in [6, 6.07) is 0. The van der Waals surface area contributed by atoms with Crippen LogP contribution in [0.5, 0.6) is 0 Å². The number of aliphatic hydroxyl groups is 1. The summed E-state index contributed by atoms with van der Waals surface area (Å²) in [7, 11) is 1.51. The maximum atomic E-state index is 11.1. The zero-order valence-electron chi connectivity index (χ0n) is 10.8. The number of rotatable bonds is 9. The molecular weight excluding hydrogens is 240 g/mol. The molecule has 0 saturated heterocycles. The maximum Gasteiger partial charge on any atom is 0.331 e. The molecule has 6 heteroatoms. The van der Waals surface area contributed by atoms with Gasteiger partial charge in [0, 0.05) is 25.9 Å². The fraction of sp³-hybridized carbons (Fsp3) is 0.667. The number of aliphatic hydroxyl groups excluding tert-OH is 1. The van der Waals surface area contributed by atoms with Crippen LogP contribution in [0.15, 0.2) is 12.2 Å². The van der Waals surface area contributed by atoms with Gasteiger partial charge in [0.2, 0.25) is 0 Å². The third-order valence-corrected chi connectivity index (χ3v) is 2.01. The van der Waals surface area contributed by atoms with Gasteiger partial charge in [-0.3, -0.25) is 0 Å². The lowest BCUT2D eigenvalue weighted by atomic mass is 10.3. The molecule has 104 valence electrons. The van der Waals surface area contributed by atoms with Gasteiger partial charge in [-0.15, -0.1) is 0 Å². The number of carbonyl (C=O) groups excluding carboxylic acids is 2. The molecule has 1 unspecified atom stereocenters. The summed E-state index contributed by atoms with van der Waals surface area (Å²) in [4.78, 5) is 22.2. The van der Waals surface area contributed by atoms with Crippen LogP contribution in [-0.2, 0) is 23.8 Å². The van der Waals surface area contributed by atoms with Gasteiger partial charge >= 0.3 is 11.9 Å². The van der Waals surface area contributed by atoms with Gasteiger partial charge in [0.05, 0.1) is 12.7 Å². The predicted molar refractivity (Wildman–Crippen MR) is 63.8 cm³/mol. The quantitative estimate of drug-likeness (QED) is 0.368. The van der Waals surface area contributed by atoms with Crippen molar-refractivity contribution < 1.29 is 28.9 Å². The van der Waals surface area contributed by atoms with Crippen LogP contribution in [0.2, 0.25) is 0 Å². The van der Waals surface area contributed by atoms with Crippen molar-refractivity contribution in [1.29, 1.82) is 0 Å². The average Bonchev–Trinajstić information content (AvgIpc) is 2.38. The summed E-state index contributed by atoms with van der Waals surface area (Å²) in [5.74, 6) is -1.23. The molecule has 0 aliphatic heterocycles. The van der Waals surface area contributed by atoms with Crippen LogP contribution in [0.25, 0.3) is 0 Å². The van der Waals surface area contributed by atoms with Crippen LogP contribution in [0.1, 0.15) is 19.8 Å². The Balaban J connectivity index is 3.71. The Morgan fingerprint density at radius 2 is 1.78 bits per heavy atom. The zero-order valence-corrected chi connectivity index (χ0v) is 10.8. The highest BCUT2D eigenvalue weighted by molar-refractivity contribution is 5.91. The molecule has 0 rings (SSSR count). The second-order valence-corrected chi connectivity index (χ2v) is 3.61. The molecule has 1 N–H and O–H groups in total. The van der Waals surface area contributed by atoms with E-state index < -0.39 is 11.9 Å². The standard InChI is InChI=1S/C12H20O6/c1-10(16-2)9-18-12(15)6-5-11(14)17-8-4-3-7-13/h5-6,10,13H,3-4,7-9H2,1-2H3. The summed E-state index contributed by atoms with van der Waals surface area (Å²) in [5.41, 5.74) is 0. The molecular formula is C12H20O6. The topological polar surface area (TPSA) is 82.1 Å². The molecule has 0 radical (unpaired) electrons. The van der Waals surface area contributed by atoms with Gasteiger partial charge in [0.1, 0.15) is 6.61 Å². The number of ether oxygens (including phenoxy) is 3. The zero-order chi connectivity index (χ0) is 13.8. The summed E-state index contributed by atoms with van der Waals surface area (Å²) < 4.78 is 14.5. The summed E-state index contributed by atoms with van der Waals surface area (Å²) in [5, 5.41) is 8.51. The van der Waals surface area contributed by atoms with Crippen LogP contribution in [0.3, 0.4) is 0 Å². The predicted octanol–water partition coefficient (Wildman–Crippen LogP) is 0.436. The van der Waals surface area contributed by atoms with E-state index >= 15 is 0 Å². The van der Waals surface area contributed by atoms with Gasteiger partial charge < -0.3 is 19.3 Å². The molecule has 0 fully saturated rings. The van der Waals surface area contributed by atoms with E-state index in [0.717, 1.165) is 12.2 Å². The number of unbranched alkanes of at least 4 members (excludes halogenated alkanes) is 1. The van der Waals surface area contributed by atoms with Gasteiger partial charge in [-0.1, -0.05) is 0 Å². The van der Waals surface area contributed by atoms with Crippen molar-refractivity contribution in [2.24, 2.45) is 0 Å². The smallest absolute Gasteiger partial charge is 0.331 e. The average molecular weight is 260 g/mol. The van der Waals surface area contributed by atoms with E-state index in [1.165, 1.54) is 7.11 Å². The molecule has 0 aliphatic rings. The van der Waals surface area contributed by atoms with Crippen molar-refractivity contribution in [2.45, 2.75) is 25.9 Å². The Bertz CT molecular complexity index is 274. The molecule has 6 nitrogen and oxygen atoms in total.